The largest absolute Gasteiger partial charge is 0.493 e. The second-order valence-corrected chi connectivity index (χ2v) is 6.56. The van der Waals surface area contributed by atoms with Crippen LogP contribution < -0.4 is 14.8 Å². The molecule has 0 atom stereocenters. The molecule has 0 bridgehead atoms. The average Bonchev–Trinajstić information content (AvgIpc) is 2.65. The minimum Gasteiger partial charge on any atom is -0.493 e. The number of esters is 1. The molecule has 1 amide bonds. The van der Waals surface area contributed by atoms with Gasteiger partial charge in [-0.15, -0.1) is 0 Å². The molecule has 0 unspecified atom stereocenters. The van der Waals surface area contributed by atoms with Crippen LogP contribution in [0.4, 0.5) is 4.79 Å². The van der Waals surface area contributed by atoms with Gasteiger partial charge < -0.3 is 19.5 Å². The first kappa shape index (κ1) is 22.8. The molecule has 0 aromatic heterocycles. The van der Waals surface area contributed by atoms with Crippen molar-refractivity contribution in [3.63, 3.8) is 0 Å². The van der Waals surface area contributed by atoms with Gasteiger partial charge in [0.05, 0.1) is 7.11 Å². The average molecular weight is 379 g/mol. The zero-order valence-electron chi connectivity index (χ0n) is 16.8. The lowest BCUT2D eigenvalue weighted by atomic mass is 10.1. The molecule has 0 radical (unpaired) electrons. The molecule has 0 aliphatic heterocycles. The van der Waals surface area contributed by atoms with E-state index in [0.29, 0.717) is 18.0 Å². The summed E-state index contributed by atoms with van der Waals surface area (Å²) in [5.74, 6) is 0.344. The number of benzene rings is 1. The number of alkyl carbamates (subject to hydrolysis) is 1. The molecule has 0 saturated carbocycles. The van der Waals surface area contributed by atoms with Crippen LogP contribution in [0, 0.1) is 0 Å². The monoisotopic (exact) mass is 379 g/mol. The number of methoxy groups -OCH3 is 1. The van der Waals surface area contributed by atoms with E-state index in [1.54, 1.807) is 18.2 Å². The first-order valence-corrected chi connectivity index (χ1v) is 9.82. The number of ether oxygens (including phenoxy) is 3. The minimum absolute atomic E-state index is 0.125. The van der Waals surface area contributed by atoms with Crippen molar-refractivity contribution in [3.05, 3.63) is 23.8 Å². The third-order valence-corrected chi connectivity index (χ3v) is 4.15. The highest BCUT2D eigenvalue weighted by Crippen LogP contribution is 2.28. The van der Waals surface area contributed by atoms with Gasteiger partial charge in [-0.05, 0) is 24.1 Å². The molecular weight excluding hydrogens is 346 g/mol. The summed E-state index contributed by atoms with van der Waals surface area (Å²) in [6, 6.07) is 5.04. The van der Waals surface area contributed by atoms with Crippen LogP contribution in [0.25, 0.3) is 0 Å². The smallest absolute Gasteiger partial charge is 0.407 e. The Kier molecular flexibility index (Phi) is 11.7. The molecular formula is C21H33NO5. The Morgan fingerprint density at radius 3 is 2.26 bits per heavy atom. The van der Waals surface area contributed by atoms with Crippen LogP contribution in [-0.2, 0) is 16.1 Å². The van der Waals surface area contributed by atoms with Crippen molar-refractivity contribution in [1.29, 1.82) is 0 Å². The van der Waals surface area contributed by atoms with Crippen LogP contribution >= 0.6 is 0 Å². The van der Waals surface area contributed by atoms with E-state index in [4.69, 9.17) is 14.2 Å². The lowest BCUT2D eigenvalue weighted by molar-refractivity contribution is -0.132. The van der Waals surface area contributed by atoms with Crippen LogP contribution in [-0.4, -0.2) is 25.7 Å². The van der Waals surface area contributed by atoms with Crippen molar-refractivity contribution >= 4 is 12.1 Å². The number of nitrogens with one attached hydrogen (secondary N) is 1. The fourth-order valence-corrected chi connectivity index (χ4v) is 2.69. The van der Waals surface area contributed by atoms with Crippen LogP contribution in [0.5, 0.6) is 11.5 Å². The summed E-state index contributed by atoms with van der Waals surface area (Å²) >= 11 is 0. The number of carbonyl (C=O) groups excluding carboxylic acids is 2. The number of hydrogen-bond acceptors (Lipinski definition) is 5. The standard InChI is InChI=1S/C21H33NO5/c1-4-5-6-7-8-9-10-11-14-22-21(24)26-16-18-12-13-19(27-17(2)23)20(15-18)25-3/h12-13,15H,4-11,14,16H2,1-3H3,(H,22,24). The highest BCUT2D eigenvalue weighted by molar-refractivity contribution is 5.70. The van der Waals surface area contributed by atoms with Gasteiger partial charge in [0.15, 0.2) is 11.5 Å². The van der Waals surface area contributed by atoms with Gasteiger partial charge in [-0.2, -0.15) is 0 Å². The van der Waals surface area contributed by atoms with E-state index in [2.05, 4.69) is 12.2 Å². The normalized spacial score (nSPS) is 10.3. The topological polar surface area (TPSA) is 73.9 Å². The molecule has 152 valence electrons. The van der Waals surface area contributed by atoms with Gasteiger partial charge in [0, 0.05) is 13.5 Å². The maximum Gasteiger partial charge on any atom is 0.407 e. The molecule has 1 aromatic carbocycles. The van der Waals surface area contributed by atoms with Gasteiger partial charge in [0.1, 0.15) is 6.61 Å². The third-order valence-electron chi connectivity index (χ3n) is 4.15. The predicted octanol–water partition coefficient (Wildman–Crippen LogP) is 4.99. The molecule has 0 spiro atoms. The Morgan fingerprint density at radius 2 is 1.63 bits per heavy atom. The Labute approximate surface area is 162 Å². The van der Waals surface area contributed by atoms with Crippen LogP contribution in [0.2, 0.25) is 0 Å². The second-order valence-electron chi connectivity index (χ2n) is 6.56. The lowest BCUT2D eigenvalue weighted by Gasteiger charge is -2.11. The van der Waals surface area contributed by atoms with Crippen LogP contribution in [0.3, 0.4) is 0 Å². The van der Waals surface area contributed by atoms with Crippen molar-refractivity contribution < 1.29 is 23.8 Å². The summed E-state index contributed by atoms with van der Waals surface area (Å²) in [7, 11) is 1.49. The second kappa shape index (κ2) is 13.9. The van der Waals surface area contributed by atoms with E-state index >= 15 is 0 Å². The lowest BCUT2D eigenvalue weighted by Crippen LogP contribution is -2.25. The molecule has 0 aliphatic carbocycles. The van der Waals surface area contributed by atoms with Crippen molar-refractivity contribution in [1.82, 2.24) is 5.32 Å². The Hall–Kier alpha value is -2.24. The Balaban J connectivity index is 2.20. The fourth-order valence-electron chi connectivity index (χ4n) is 2.69. The molecule has 0 fully saturated rings. The molecule has 27 heavy (non-hydrogen) atoms. The Bertz CT molecular complexity index is 574. The predicted molar refractivity (Wildman–Crippen MR) is 105 cm³/mol. The van der Waals surface area contributed by atoms with Crippen molar-refractivity contribution in [2.45, 2.75) is 71.8 Å². The van der Waals surface area contributed by atoms with Gasteiger partial charge in [-0.3, -0.25) is 4.79 Å². The zero-order chi connectivity index (χ0) is 19.9. The number of rotatable bonds is 13. The molecule has 6 heteroatoms. The first-order chi connectivity index (χ1) is 13.1. The van der Waals surface area contributed by atoms with Gasteiger partial charge in [0.25, 0.3) is 0 Å². The summed E-state index contributed by atoms with van der Waals surface area (Å²) in [5, 5.41) is 2.77. The summed E-state index contributed by atoms with van der Waals surface area (Å²) in [6.45, 7) is 4.30. The van der Waals surface area contributed by atoms with E-state index in [1.807, 2.05) is 0 Å². The maximum atomic E-state index is 11.8. The summed E-state index contributed by atoms with van der Waals surface area (Å²) in [5.41, 5.74) is 0.755. The van der Waals surface area contributed by atoms with Gasteiger partial charge in [-0.1, -0.05) is 57.9 Å². The van der Waals surface area contributed by atoms with E-state index in [1.165, 1.54) is 52.6 Å². The molecule has 1 N–H and O–H groups in total. The van der Waals surface area contributed by atoms with E-state index in [0.717, 1.165) is 18.4 Å². The summed E-state index contributed by atoms with van der Waals surface area (Å²) < 4.78 is 15.4. The first-order valence-electron chi connectivity index (χ1n) is 9.82. The SMILES string of the molecule is CCCCCCCCCCNC(=O)OCc1ccc(OC(C)=O)c(OC)c1. The van der Waals surface area contributed by atoms with Crippen LogP contribution in [0.1, 0.15) is 70.8 Å². The zero-order valence-corrected chi connectivity index (χ0v) is 16.8. The minimum atomic E-state index is -0.430. The van der Waals surface area contributed by atoms with Crippen molar-refractivity contribution in [2.24, 2.45) is 0 Å². The molecule has 0 aliphatic rings. The van der Waals surface area contributed by atoms with Gasteiger partial charge >= 0.3 is 12.1 Å². The highest BCUT2D eigenvalue weighted by Gasteiger charge is 2.09. The maximum absolute atomic E-state index is 11.8. The van der Waals surface area contributed by atoms with Crippen LogP contribution in [0.15, 0.2) is 18.2 Å². The molecule has 0 heterocycles. The number of carbonyl (C=O) groups is 2. The van der Waals surface area contributed by atoms with Gasteiger partial charge in [0.2, 0.25) is 0 Å². The molecule has 6 nitrogen and oxygen atoms in total. The third kappa shape index (κ3) is 10.5. The molecule has 1 aromatic rings. The van der Waals surface area contributed by atoms with Crippen molar-refractivity contribution in [3.8, 4) is 11.5 Å². The number of unbranched alkanes of at least 4 members (excludes halogenated alkanes) is 7. The number of amides is 1. The summed E-state index contributed by atoms with van der Waals surface area (Å²) in [6.07, 6.45) is 9.39. The van der Waals surface area contributed by atoms with Crippen molar-refractivity contribution in [2.75, 3.05) is 13.7 Å². The van der Waals surface area contributed by atoms with Gasteiger partial charge in [-0.25, -0.2) is 4.79 Å². The van der Waals surface area contributed by atoms with E-state index < -0.39 is 12.1 Å². The quantitative estimate of drug-likeness (QED) is 0.297. The van der Waals surface area contributed by atoms with E-state index in [-0.39, 0.29) is 6.61 Å². The molecule has 0 saturated heterocycles. The van der Waals surface area contributed by atoms with E-state index in [9.17, 15) is 9.59 Å². The Morgan fingerprint density at radius 1 is 0.963 bits per heavy atom. The highest BCUT2D eigenvalue weighted by atomic mass is 16.6. The molecule has 1 rings (SSSR count). The fraction of sp³-hybridized carbons (Fsp3) is 0.619. The number of hydrogen-bond donors (Lipinski definition) is 1. The summed E-state index contributed by atoms with van der Waals surface area (Å²) in [4.78, 5) is 22.8.